The summed E-state index contributed by atoms with van der Waals surface area (Å²) in [5, 5.41) is 0. The van der Waals surface area contributed by atoms with Crippen molar-refractivity contribution in [3.05, 3.63) is 58.1 Å². The second-order valence-corrected chi connectivity index (χ2v) is 6.85. The SMILES string of the molecule is Cc1c(C)c(C)c(OS(=O)(=O)c2ccccc2)c(C)c1C. The monoisotopic (exact) mass is 304 g/mol. The second kappa shape index (κ2) is 5.53. The molecule has 0 spiro atoms. The Balaban J connectivity index is 2.55. The van der Waals surface area contributed by atoms with E-state index in [0.29, 0.717) is 5.75 Å². The molecule has 0 aliphatic carbocycles. The van der Waals surface area contributed by atoms with Crippen LogP contribution in [0.15, 0.2) is 35.2 Å². The minimum absolute atomic E-state index is 0.166. The Labute approximate surface area is 126 Å². The summed E-state index contributed by atoms with van der Waals surface area (Å²) in [6, 6.07) is 8.21. The van der Waals surface area contributed by atoms with Crippen LogP contribution in [0.5, 0.6) is 5.75 Å². The molecule has 0 fully saturated rings. The molecule has 0 unspecified atom stereocenters. The van der Waals surface area contributed by atoms with E-state index in [2.05, 4.69) is 0 Å². The first-order valence-corrected chi connectivity index (χ1v) is 8.23. The van der Waals surface area contributed by atoms with Gasteiger partial charge in [0.1, 0.15) is 10.6 Å². The van der Waals surface area contributed by atoms with Crippen LogP contribution in [0.4, 0.5) is 0 Å². The predicted molar refractivity (Wildman–Crippen MR) is 84.4 cm³/mol. The van der Waals surface area contributed by atoms with Gasteiger partial charge in [0.15, 0.2) is 0 Å². The van der Waals surface area contributed by atoms with Gasteiger partial charge in [0, 0.05) is 0 Å². The van der Waals surface area contributed by atoms with Crippen LogP contribution in [0.3, 0.4) is 0 Å². The van der Waals surface area contributed by atoms with E-state index in [-0.39, 0.29) is 4.90 Å². The van der Waals surface area contributed by atoms with Crippen LogP contribution in [0.1, 0.15) is 27.8 Å². The maximum atomic E-state index is 12.4. The fraction of sp³-hybridized carbons (Fsp3) is 0.294. The molecule has 0 aliphatic heterocycles. The van der Waals surface area contributed by atoms with E-state index in [1.54, 1.807) is 18.2 Å². The Hall–Kier alpha value is -1.81. The summed E-state index contributed by atoms with van der Waals surface area (Å²) >= 11 is 0. The van der Waals surface area contributed by atoms with Gasteiger partial charge in [-0.1, -0.05) is 18.2 Å². The lowest BCUT2D eigenvalue weighted by molar-refractivity contribution is 0.481. The van der Waals surface area contributed by atoms with Crippen LogP contribution in [0.25, 0.3) is 0 Å². The van der Waals surface area contributed by atoms with Crippen LogP contribution in [-0.2, 0) is 10.1 Å². The van der Waals surface area contributed by atoms with Crippen molar-refractivity contribution >= 4 is 10.1 Å². The molecule has 0 amide bonds. The molecule has 112 valence electrons. The largest absolute Gasteiger partial charge is 0.378 e. The number of rotatable bonds is 3. The number of hydrogen-bond donors (Lipinski definition) is 0. The fourth-order valence-corrected chi connectivity index (χ4v) is 3.39. The van der Waals surface area contributed by atoms with E-state index < -0.39 is 10.1 Å². The molecule has 0 saturated carbocycles. The Morgan fingerprint density at radius 2 is 1.14 bits per heavy atom. The summed E-state index contributed by atoms with van der Waals surface area (Å²) in [5.74, 6) is 0.444. The van der Waals surface area contributed by atoms with Gasteiger partial charge >= 0.3 is 10.1 Å². The Kier molecular flexibility index (Phi) is 4.10. The maximum absolute atomic E-state index is 12.4. The fourth-order valence-electron chi connectivity index (χ4n) is 2.34. The van der Waals surface area contributed by atoms with E-state index in [0.717, 1.165) is 22.3 Å². The van der Waals surface area contributed by atoms with E-state index in [1.165, 1.54) is 17.7 Å². The third kappa shape index (κ3) is 2.81. The molecule has 2 aromatic carbocycles. The van der Waals surface area contributed by atoms with Crippen LogP contribution in [0.2, 0.25) is 0 Å². The molecular weight excluding hydrogens is 284 g/mol. The summed E-state index contributed by atoms with van der Waals surface area (Å²) in [7, 11) is -3.80. The first kappa shape index (κ1) is 15.6. The van der Waals surface area contributed by atoms with Crippen molar-refractivity contribution in [3.8, 4) is 5.75 Å². The van der Waals surface area contributed by atoms with Gasteiger partial charge in [0.05, 0.1) is 0 Å². The quantitative estimate of drug-likeness (QED) is 0.805. The lowest BCUT2D eigenvalue weighted by atomic mass is 9.94. The molecule has 3 nitrogen and oxygen atoms in total. The smallest absolute Gasteiger partial charge is 0.339 e. The zero-order valence-corrected chi connectivity index (χ0v) is 13.8. The average Bonchev–Trinajstić information content (AvgIpc) is 2.48. The first-order chi connectivity index (χ1) is 9.75. The van der Waals surface area contributed by atoms with Crippen molar-refractivity contribution in [2.45, 2.75) is 39.5 Å². The molecule has 0 N–H and O–H groups in total. The third-order valence-corrected chi connectivity index (χ3v) is 5.39. The minimum atomic E-state index is -3.80. The maximum Gasteiger partial charge on any atom is 0.339 e. The zero-order chi connectivity index (χ0) is 15.8. The Morgan fingerprint density at radius 1 is 0.714 bits per heavy atom. The molecule has 4 heteroatoms. The normalized spacial score (nSPS) is 11.5. The van der Waals surface area contributed by atoms with Crippen LogP contribution >= 0.6 is 0 Å². The molecule has 21 heavy (non-hydrogen) atoms. The zero-order valence-electron chi connectivity index (χ0n) is 13.0. The highest BCUT2D eigenvalue weighted by Crippen LogP contribution is 2.33. The molecule has 0 saturated heterocycles. The van der Waals surface area contributed by atoms with E-state index in [4.69, 9.17) is 4.18 Å². The van der Waals surface area contributed by atoms with Crippen molar-refractivity contribution in [2.75, 3.05) is 0 Å². The third-order valence-electron chi connectivity index (χ3n) is 4.16. The van der Waals surface area contributed by atoms with Gasteiger partial charge in [0.2, 0.25) is 0 Å². The first-order valence-electron chi connectivity index (χ1n) is 6.82. The van der Waals surface area contributed by atoms with Crippen molar-refractivity contribution in [2.24, 2.45) is 0 Å². The van der Waals surface area contributed by atoms with Gasteiger partial charge in [-0.3, -0.25) is 0 Å². The van der Waals surface area contributed by atoms with Gasteiger partial charge in [0.25, 0.3) is 0 Å². The summed E-state index contributed by atoms with van der Waals surface area (Å²) < 4.78 is 30.2. The molecular formula is C17H20O3S. The highest BCUT2D eigenvalue weighted by Gasteiger charge is 2.21. The van der Waals surface area contributed by atoms with Crippen molar-refractivity contribution < 1.29 is 12.6 Å². The van der Waals surface area contributed by atoms with E-state index >= 15 is 0 Å². The van der Waals surface area contributed by atoms with Crippen LogP contribution < -0.4 is 4.18 Å². The van der Waals surface area contributed by atoms with Crippen molar-refractivity contribution in [1.82, 2.24) is 0 Å². The summed E-state index contributed by atoms with van der Waals surface area (Å²) in [6.45, 7) is 9.80. The minimum Gasteiger partial charge on any atom is -0.378 e. The molecule has 2 rings (SSSR count). The highest BCUT2D eigenvalue weighted by molar-refractivity contribution is 7.87. The lowest BCUT2D eigenvalue weighted by Crippen LogP contribution is -2.12. The summed E-state index contributed by atoms with van der Waals surface area (Å²) in [6.07, 6.45) is 0. The van der Waals surface area contributed by atoms with Crippen LogP contribution in [0, 0.1) is 34.6 Å². The molecule has 0 radical (unpaired) electrons. The highest BCUT2D eigenvalue weighted by atomic mass is 32.2. The standard InChI is InChI=1S/C17H20O3S/c1-11-12(2)14(4)17(15(5)13(11)3)20-21(18,19)16-9-7-6-8-10-16/h6-10H,1-5H3. The summed E-state index contributed by atoms with van der Waals surface area (Å²) in [5.41, 5.74) is 5.05. The van der Waals surface area contributed by atoms with Gasteiger partial charge in [-0.2, -0.15) is 8.42 Å². The molecule has 0 bridgehead atoms. The van der Waals surface area contributed by atoms with E-state index in [1.807, 2.05) is 34.6 Å². The molecule has 0 atom stereocenters. The average molecular weight is 304 g/mol. The number of benzene rings is 2. The number of hydrogen-bond acceptors (Lipinski definition) is 3. The lowest BCUT2D eigenvalue weighted by Gasteiger charge is -2.18. The molecule has 0 heterocycles. The predicted octanol–water partition coefficient (Wildman–Crippen LogP) is 4.00. The molecule has 0 aromatic heterocycles. The van der Waals surface area contributed by atoms with Crippen molar-refractivity contribution in [1.29, 1.82) is 0 Å². The van der Waals surface area contributed by atoms with Gasteiger partial charge in [-0.05, 0) is 74.6 Å². The van der Waals surface area contributed by atoms with Gasteiger partial charge < -0.3 is 4.18 Å². The van der Waals surface area contributed by atoms with Gasteiger partial charge in [-0.25, -0.2) is 0 Å². The van der Waals surface area contributed by atoms with Crippen molar-refractivity contribution in [3.63, 3.8) is 0 Å². The topological polar surface area (TPSA) is 43.4 Å². The Bertz CT molecular complexity index is 746. The molecule has 2 aromatic rings. The van der Waals surface area contributed by atoms with Gasteiger partial charge in [-0.15, -0.1) is 0 Å². The molecule has 0 aliphatic rings. The Morgan fingerprint density at radius 3 is 1.62 bits per heavy atom. The second-order valence-electron chi connectivity index (χ2n) is 5.30. The van der Waals surface area contributed by atoms with E-state index in [9.17, 15) is 8.42 Å². The summed E-state index contributed by atoms with van der Waals surface area (Å²) in [4.78, 5) is 0.166. The van der Waals surface area contributed by atoms with Crippen LogP contribution in [-0.4, -0.2) is 8.42 Å².